The third-order valence-corrected chi connectivity index (χ3v) is 3.22. The molecule has 0 aliphatic carbocycles. The predicted molar refractivity (Wildman–Crippen MR) is 70.9 cm³/mol. The molecule has 1 aliphatic heterocycles. The Morgan fingerprint density at radius 3 is 2.63 bits per heavy atom. The van der Waals surface area contributed by atoms with Crippen LogP contribution >= 0.6 is 0 Å². The van der Waals surface area contributed by atoms with Gasteiger partial charge >= 0.3 is 5.97 Å². The van der Waals surface area contributed by atoms with Gasteiger partial charge in [-0.2, -0.15) is 0 Å². The van der Waals surface area contributed by atoms with Gasteiger partial charge in [-0.3, -0.25) is 4.79 Å². The monoisotopic (exact) mass is 265 g/mol. The van der Waals surface area contributed by atoms with Crippen LogP contribution in [-0.2, 0) is 11.2 Å². The molecule has 104 valence electrons. The van der Waals surface area contributed by atoms with Crippen molar-refractivity contribution in [2.24, 2.45) is 0 Å². The molecule has 0 amide bonds. The molecule has 0 saturated heterocycles. The third-order valence-electron chi connectivity index (χ3n) is 3.22. The molecule has 0 spiro atoms. The van der Waals surface area contributed by atoms with Gasteiger partial charge in [-0.1, -0.05) is 6.07 Å². The summed E-state index contributed by atoms with van der Waals surface area (Å²) >= 11 is 0. The lowest BCUT2D eigenvalue weighted by molar-refractivity contribution is -0.138. The number of ether oxygens (including phenoxy) is 2. The number of hydrogen-bond acceptors (Lipinski definition) is 4. The Kier molecular flexibility index (Phi) is 4.27. The number of aliphatic carboxylic acids is 1. The highest BCUT2D eigenvalue weighted by molar-refractivity contribution is 5.67. The van der Waals surface area contributed by atoms with Gasteiger partial charge in [-0.05, 0) is 38.2 Å². The number of rotatable bonds is 5. The van der Waals surface area contributed by atoms with Crippen molar-refractivity contribution in [1.82, 2.24) is 4.90 Å². The maximum Gasteiger partial charge on any atom is 0.304 e. The van der Waals surface area contributed by atoms with Crippen LogP contribution in [0.15, 0.2) is 18.2 Å². The number of hydrogen-bond donors (Lipinski definition) is 1. The average molecular weight is 265 g/mol. The Bertz CT molecular complexity index is 459. The molecule has 0 saturated carbocycles. The molecule has 1 unspecified atom stereocenters. The summed E-state index contributed by atoms with van der Waals surface area (Å²) in [6, 6.07) is 5.76. The molecule has 1 aromatic carbocycles. The molecule has 5 nitrogen and oxygen atoms in total. The van der Waals surface area contributed by atoms with Crippen molar-refractivity contribution in [2.45, 2.75) is 18.9 Å². The van der Waals surface area contributed by atoms with Gasteiger partial charge in [-0.25, -0.2) is 0 Å². The standard InChI is InChI=1S/C14H19NO4/c1-15(2)11(9-14(16)17)7-10-3-4-12-13(8-10)19-6-5-18-12/h3-4,8,11H,5-7,9H2,1-2H3,(H,16,17). The zero-order valence-electron chi connectivity index (χ0n) is 11.3. The molecular weight excluding hydrogens is 246 g/mol. The minimum Gasteiger partial charge on any atom is -0.486 e. The zero-order valence-corrected chi connectivity index (χ0v) is 11.3. The van der Waals surface area contributed by atoms with Gasteiger partial charge in [0, 0.05) is 6.04 Å². The number of fused-ring (bicyclic) bond motifs is 1. The second-order valence-corrected chi connectivity index (χ2v) is 4.90. The van der Waals surface area contributed by atoms with Crippen LogP contribution in [0.2, 0.25) is 0 Å². The molecule has 0 aromatic heterocycles. The van der Waals surface area contributed by atoms with Crippen LogP contribution in [-0.4, -0.2) is 49.3 Å². The van der Waals surface area contributed by atoms with Gasteiger partial charge in [0.1, 0.15) is 13.2 Å². The normalized spacial score (nSPS) is 15.3. The van der Waals surface area contributed by atoms with E-state index in [1.54, 1.807) is 0 Å². The minimum atomic E-state index is -0.781. The summed E-state index contributed by atoms with van der Waals surface area (Å²) in [5.41, 5.74) is 1.06. The summed E-state index contributed by atoms with van der Waals surface area (Å²) in [6.45, 7) is 1.13. The Labute approximate surface area is 112 Å². The summed E-state index contributed by atoms with van der Waals surface area (Å²) in [6.07, 6.45) is 0.803. The fraction of sp³-hybridized carbons (Fsp3) is 0.500. The van der Waals surface area contributed by atoms with Crippen LogP contribution in [0.3, 0.4) is 0 Å². The lowest BCUT2D eigenvalue weighted by Crippen LogP contribution is -2.32. The first-order chi connectivity index (χ1) is 9.06. The lowest BCUT2D eigenvalue weighted by Gasteiger charge is -2.24. The van der Waals surface area contributed by atoms with E-state index in [9.17, 15) is 4.79 Å². The third kappa shape index (κ3) is 3.61. The van der Waals surface area contributed by atoms with Crippen molar-refractivity contribution in [3.63, 3.8) is 0 Å². The number of nitrogens with zero attached hydrogens (tertiary/aromatic N) is 1. The largest absolute Gasteiger partial charge is 0.486 e. The molecule has 1 N–H and O–H groups in total. The van der Waals surface area contributed by atoms with Gasteiger partial charge in [0.15, 0.2) is 11.5 Å². The van der Waals surface area contributed by atoms with Gasteiger partial charge < -0.3 is 19.5 Å². The Hall–Kier alpha value is -1.75. The highest BCUT2D eigenvalue weighted by Gasteiger charge is 2.18. The SMILES string of the molecule is CN(C)C(CC(=O)O)Cc1ccc2c(c1)OCCO2. The fourth-order valence-corrected chi connectivity index (χ4v) is 2.13. The maximum absolute atomic E-state index is 10.9. The maximum atomic E-state index is 10.9. The van der Waals surface area contributed by atoms with Crippen molar-refractivity contribution in [1.29, 1.82) is 0 Å². The van der Waals surface area contributed by atoms with Gasteiger partial charge in [0.25, 0.3) is 0 Å². The summed E-state index contributed by atoms with van der Waals surface area (Å²) < 4.78 is 11.0. The fourth-order valence-electron chi connectivity index (χ4n) is 2.13. The van der Waals surface area contributed by atoms with E-state index >= 15 is 0 Å². The van der Waals surface area contributed by atoms with Crippen LogP contribution in [0.5, 0.6) is 11.5 Å². The predicted octanol–water partition coefficient (Wildman–Crippen LogP) is 1.41. The van der Waals surface area contributed by atoms with E-state index in [0.29, 0.717) is 19.6 Å². The molecule has 1 heterocycles. The summed E-state index contributed by atoms with van der Waals surface area (Å²) in [5, 5.41) is 8.93. The molecule has 0 radical (unpaired) electrons. The molecule has 1 aromatic rings. The van der Waals surface area contributed by atoms with Crippen molar-refractivity contribution in [3.05, 3.63) is 23.8 Å². The van der Waals surface area contributed by atoms with Crippen LogP contribution in [0.4, 0.5) is 0 Å². The van der Waals surface area contributed by atoms with E-state index in [-0.39, 0.29) is 12.5 Å². The first kappa shape index (κ1) is 13.7. The minimum absolute atomic E-state index is 0.0277. The molecule has 19 heavy (non-hydrogen) atoms. The molecule has 2 rings (SSSR count). The number of carboxylic acids is 1. The van der Waals surface area contributed by atoms with E-state index < -0.39 is 5.97 Å². The van der Waals surface area contributed by atoms with E-state index in [4.69, 9.17) is 14.6 Å². The van der Waals surface area contributed by atoms with Crippen LogP contribution < -0.4 is 9.47 Å². The Morgan fingerprint density at radius 1 is 1.32 bits per heavy atom. The number of carbonyl (C=O) groups is 1. The quantitative estimate of drug-likeness (QED) is 0.872. The summed E-state index contributed by atoms with van der Waals surface area (Å²) in [7, 11) is 3.79. The van der Waals surface area contributed by atoms with Gasteiger partial charge in [0.05, 0.1) is 6.42 Å². The van der Waals surface area contributed by atoms with Crippen molar-refractivity contribution < 1.29 is 19.4 Å². The lowest BCUT2D eigenvalue weighted by atomic mass is 10.0. The summed E-state index contributed by atoms with van der Waals surface area (Å²) in [5.74, 6) is 0.725. The van der Waals surface area contributed by atoms with Crippen molar-refractivity contribution in [3.8, 4) is 11.5 Å². The van der Waals surface area contributed by atoms with E-state index in [0.717, 1.165) is 17.1 Å². The number of benzene rings is 1. The second kappa shape index (κ2) is 5.93. The molecule has 0 fully saturated rings. The van der Waals surface area contributed by atoms with E-state index in [1.165, 1.54) is 0 Å². The number of carboxylic acid groups (broad SMARTS) is 1. The smallest absolute Gasteiger partial charge is 0.304 e. The summed E-state index contributed by atoms with van der Waals surface area (Å²) in [4.78, 5) is 12.8. The molecule has 5 heteroatoms. The van der Waals surface area contributed by atoms with Crippen molar-refractivity contribution >= 4 is 5.97 Å². The topological polar surface area (TPSA) is 59.0 Å². The van der Waals surface area contributed by atoms with Crippen LogP contribution in [0, 0.1) is 0 Å². The highest BCUT2D eigenvalue weighted by atomic mass is 16.6. The zero-order chi connectivity index (χ0) is 13.8. The van der Waals surface area contributed by atoms with Crippen molar-refractivity contribution in [2.75, 3.05) is 27.3 Å². The van der Waals surface area contributed by atoms with Crippen LogP contribution in [0.1, 0.15) is 12.0 Å². The van der Waals surface area contributed by atoms with Crippen LogP contribution in [0.25, 0.3) is 0 Å². The molecule has 1 atom stereocenters. The van der Waals surface area contributed by atoms with E-state index in [2.05, 4.69) is 0 Å². The molecule has 1 aliphatic rings. The first-order valence-corrected chi connectivity index (χ1v) is 6.33. The highest BCUT2D eigenvalue weighted by Crippen LogP contribution is 2.31. The Morgan fingerprint density at radius 2 is 2.00 bits per heavy atom. The second-order valence-electron chi connectivity index (χ2n) is 4.90. The first-order valence-electron chi connectivity index (χ1n) is 6.33. The molecule has 0 bridgehead atoms. The van der Waals surface area contributed by atoms with Gasteiger partial charge in [-0.15, -0.1) is 0 Å². The molecular formula is C14H19NO4. The average Bonchev–Trinajstić information content (AvgIpc) is 2.37. The van der Waals surface area contributed by atoms with Gasteiger partial charge in [0.2, 0.25) is 0 Å². The van der Waals surface area contributed by atoms with E-state index in [1.807, 2.05) is 37.2 Å². The Balaban J connectivity index is 2.10. The number of likely N-dealkylation sites (N-methyl/N-ethyl adjacent to an activating group) is 1.